The van der Waals surface area contributed by atoms with E-state index in [1.165, 1.54) is 11.8 Å². The maximum Gasteiger partial charge on any atom is 0.321 e. The number of thioether (sulfide) groups is 1. The largest absolute Gasteiger partial charge is 0.485 e. The van der Waals surface area contributed by atoms with Crippen molar-refractivity contribution in [2.24, 2.45) is 5.92 Å². The molecule has 3 aromatic rings. The smallest absolute Gasteiger partial charge is 0.321 e. The molecule has 0 unspecified atom stereocenters. The number of benzene rings is 2. The van der Waals surface area contributed by atoms with Gasteiger partial charge in [0.1, 0.15) is 12.4 Å². The number of imide groups is 1. The Kier molecular flexibility index (Phi) is 10.1. The average Bonchev–Trinajstić information content (AvgIpc) is 3.25. The summed E-state index contributed by atoms with van der Waals surface area (Å²) >= 11 is 1.20. The quantitative estimate of drug-likeness (QED) is 0.367. The van der Waals surface area contributed by atoms with Gasteiger partial charge in [-0.05, 0) is 17.5 Å². The molecule has 0 atom stereocenters. The van der Waals surface area contributed by atoms with E-state index in [0.717, 1.165) is 16.9 Å². The van der Waals surface area contributed by atoms with Crippen LogP contribution in [-0.4, -0.2) is 52.7 Å². The Morgan fingerprint density at radius 2 is 1.80 bits per heavy atom. The summed E-state index contributed by atoms with van der Waals surface area (Å²) in [6.45, 7) is 5.60. The van der Waals surface area contributed by atoms with Crippen LogP contribution in [0.15, 0.2) is 59.8 Å². The highest BCUT2D eigenvalue weighted by Crippen LogP contribution is 2.30. The monoisotopic (exact) mass is 497 g/mol. The number of carbonyl (C=O) groups excluding carboxylic acids is 2. The van der Waals surface area contributed by atoms with Crippen molar-refractivity contribution in [3.63, 3.8) is 0 Å². The van der Waals surface area contributed by atoms with Crippen molar-refractivity contribution in [2.45, 2.75) is 32.2 Å². The number of amides is 3. The van der Waals surface area contributed by atoms with Gasteiger partial charge in [-0.1, -0.05) is 74.1 Å². The molecule has 0 saturated carbocycles. The molecule has 1 aromatic heterocycles. The Bertz CT molecular complexity index is 1100. The van der Waals surface area contributed by atoms with E-state index in [1.807, 2.05) is 73.0 Å². The molecular weight excluding hydrogens is 466 g/mol. The molecular formula is C25H31N5O4S. The van der Waals surface area contributed by atoms with Crippen molar-refractivity contribution in [1.29, 1.82) is 0 Å². The van der Waals surface area contributed by atoms with Crippen molar-refractivity contribution >= 4 is 23.7 Å². The Hall–Kier alpha value is -3.37. The third kappa shape index (κ3) is 8.11. The SMILES string of the molecule is COCCn1c(COc2ccccc2-c2ccccc2)nnc1SCC(=O)NC(=O)NCC(C)C. The topological polar surface area (TPSA) is 107 Å². The van der Waals surface area contributed by atoms with Crippen molar-refractivity contribution in [2.75, 3.05) is 26.0 Å². The third-order valence-corrected chi connectivity index (χ3v) is 5.86. The molecule has 0 spiro atoms. The van der Waals surface area contributed by atoms with Gasteiger partial charge in [0.05, 0.1) is 12.4 Å². The zero-order chi connectivity index (χ0) is 25.0. The molecule has 0 aliphatic rings. The van der Waals surface area contributed by atoms with Crippen molar-refractivity contribution in [3.05, 3.63) is 60.4 Å². The first-order chi connectivity index (χ1) is 17.0. The van der Waals surface area contributed by atoms with Crippen LogP contribution in [0.25, 0.3) is 11.1 Å². The van der Waals surface area contributed by atoms with Crippen molar-refractivity contribution < 1.29 is 19.1 Å². The summed E-state index contributed by atoms with van der Waals surface area (Å²) in [5.41, 5.74) is 2.04. The van der Waals surface area contributed by atoms with Crippen molar-refractivity contribution in [1.82, 2.24) is 25.4 Å². The number of nitrogens with zero attached hydrogens (tertiary/aromatic N) is 3. The van der Waals surface area contributed by atoms with E-state index in [-0.39, 0.29) is 12.4 Å². The fourth-order valence-electron chi connectivity index (χ4n) is 3.16. The molecule has 3 rings (SSSR count). The number of carbonyl (C=O) groups is 2. The molecule has 0 aliphatic heterocycles. The maximum absolute atomic E-state index is 12.2. The van der Waals surface area contributed by atoms with Gasteiger partial charge in [0, 0.05) is 25.8 Å². The van der Waals surface area contributed by atoms with Crippen molar-refractivity contribution in [3.8, 4) is 16.9 Å². The molecule has 0 fully saturated rings. The fourth-order valence-corrected chi connectivity index (χ4v) is 3.95. The molecule has 9 nitrogen and oxygen atoms in total. The van der Waals surface area contributed by atoms with Gasteiger partial charge in [0.2, 0.25) is 5.91 Å². The van der Waals surface area contributed by atoms with Gasteiger partial charge >= 0.3 is 6.03 Å². The van der Waals surface area contributed by atoms with E-state index in [4.69, 9.17) is 9.47 Å². The number of hydrogen-bond donors (Lipinski definition) is 2. The van der Waals surface area contributed by atoms with Crippen LogP contribution in [0.1, 0.15) is 19.7 Å². The van der Waals surface area contributed by atoms with Gasteiger partial charge in [-0.2, -0.15) is 0 Å². The van der Waals surface area contributed by atoms with E-state index in [1.54, 1.807) is 7.11 Å². The van der Waals surface area contributed by atoms with Crippen LogP contribution in [0.5, 0.6) is 5.75 Å². The first-order valence-electron chi connectivity index (χ1n) is 11.4. The molecule has 3 amide bonds. The van der Waals surface area contributed by atoms with E-state index in [0.29, 0.717) is 36.6 Å². The lowest BCUT2D eigenvalue weighted by molar-refractivity contribution is -0.117. The molecule has 35 heavy (non-hydrogen) atoms. The zero-order valence-corrected chi connectivity index (χ0v) is 21.0. The zero-order valence-electron chi connectivity index (χ0n) is 20.2. The van der Waals surface area contributed by atoms with E-state index in [2.05, 4.69) is 20.8 Å². The minimum atomic E-state index is -0.503. The van der Waals surface area contributed by atoms with Gasteiger partial charge < -0.3 is 19.4 Å². The molecule has 2 N–H and O–H groups in total. The van der Waals surface area contributed by atoms with Crippen LogP contribution in [0.4, 0.5) is 4.79 Å². The third-order valence-electron chi connectivity index (χ3n) is 4.90. The van der Waals surface area contributed by atoms with E-state index >= 15 is 0 Å². The summed E-state index contributed by atoms with van der Waals surface area (Å²) in [5.74, 6) is 1.26. The molecule has 186 valence electrons. The van der Waals surface area contributed by atoms with Crippen LogP contribution >= 0.6 is 11.8 Å². The number of hydrogen-bond acceptors (Lipinski definition) is 7. The van der Waals surface area contributed by atoms with Gasteiger partial charge in [-0.15, -0.1) is 10.2 Å². The number of aromatic nitrogens is 3. The lowest BCUT2D eigenvalue weighted by Gasteiger charge is -2.13. The molecule has 0 bridgehead atoms. The van der Waals surface area contributed by atoms with Crippen LogP contribution in [0.3, 0.4) is 0 Å². The highest BCUT2D eigenvalue weighted by Gasteiger charge is 2.16. The highest BCUT2D eigenvalue weighted by molar-refractivity contribution is 7.99. The van der Waals surface area contributed by atoms with Gasteiger partial charge in [0.15, 0.2) is 11.0 Å². The molecule has 1 heterocycles. The number of urea groups is 1. The second-order valence-electron chi connectivity index (χ2n) is 8.13. The molecule has 0 saturated heterocycles. The van der Waals surface area contributed by atoms with Gasteiger partial charge in [-0.25, -0.2) is 4.79 Å². The summed E-state index contributed by atoms with van der Waals surface area (Å²) in [5, 5.41) is 14.0. The fraction of sp³-hybridized carbons (Fsp3) is 0.360. The van der Waals surface area contributed by atoms with Crippen LogP contribution in [0, 0.1) is 5.92 Å². The Morgan fingerprint density at radius 1 is 1.06 bits per heavy atom. The van der Waals surface area contributed by atoms with Crippen LogP contribution in [0.2, 0.25) is 0 Å². The minimum absolute atomic E-state index is 0.0257. The predicted octanol–water partition coefficient (Wildman–Crippen LogP) is 3.74. The Balaban J connectivity index is 1.65. The summed E-state index contributed by atoms with van der Waals surface area (Å²) in [4.78, 5) is 24.0. The lowest BCUT2D eigenvalue weighted by atomic mass is 10.1. The first-order valence-corrected chi connectivity index (χ1v) is 12.3. The normalized spacial score (nSPS) is 10.9. The number of methoxy groups -OCH3 is 1. The summed E-state index contributed by atoms with van der Waals surface area (Å²) in [7, 11) is 1.62. The minimum Gasteiger partial charge on any atom is -0.485 e. The highest BCUT2D eigenvalue weighted by atomic mass is 32.2. The second kappa shape index (κ2) is 13.5. The second-order valence-corrected chi connectivity index (χ2v) is 9.08. The molecule has 10 heteroatoms. The number of ether oxygens (including phenoxy) is 2. The lowest BCUT2D eigenvalue weighted by Crippen LogP contribution is -2.41. The summed E-state index contributed by atoms with van der Waals surface area (Å²) in [6.07, 6.45) is 0. The van der Waals surface area contributed by atoms with Crippen LogP contribution < -0.4 is 15.4 Å². The van der Waals surface area contributed by atoms with Crippen LogP contribution in [-0.2, 0) is 22.7 Å². The number of nitrogens with one attached hydrogen (secondary N) is 2. The summed E-state index contributed by atoms with van der Waals surface area (Å²) in [6, 6.07) is 17.3. The van der Waals surface area contributed by atoms with Gasteiger partial charge in [-0.3, -0.25) is 10.1 Å². The summed E-state index contributed by atoms with van der Waals surface area (Å²) < 4.78 is 13.2. The Morgan fingerprint density at radius 3 is 2.54 bits per heavy atom. The number of para-hydroxylation sites is 1. The molecule has 0 aliphatic carbocycles. The predicted molar refractivity (Wildman–Crippen MR) is 135 cm³/mol. The van der Waals surface area contributed by atoms with E-state index in [9.17, 15) is 9.59 Å². The maximum atomic E-state index is 12.2. The molecule has 2 aromatic carbocycles. The van der Waals surface area contributed by atoms with E-state index < -0.39 is 11.9 Å². The first kappa shape index (κ1) is 26.2. The van der Waals surface area contributed by atoms with Gasteiger partial charge in [0.25, 0.3) is 0 Å². The molecule has 0 radical (unpaired) electrons. The standard InChI is InChI=1S/C25H31N5O4S/c1-18(2)15-26-24(32)27-23(31)17-35-25-29-28-22(30(25)13-14-33-3)16-34-21-12-8-7-11-20(21)19-9-5-4-6-10-19/h4-12,18H,13-17H2,1-3H3,(H2,26,27,31,32). The Labute approximate surface area is 209 Å². The average molecular weight is 498 g/mol. The number of rotatable bonds is 12.